The minimum absolute atomic E-state index is 0.0990. The topological polar surface area (TPSA) is 55.8 Å². The van der Waals surface area contributed by atoms with E-state index >= 15 is 0 Å². The van der Waals surface area contributed by atoms with Crippen molar-refractivity contribution < 1.29 is 19.1 Å². The summed E-state index contributed by atoms with van der Waals surface area (Å²) in [5, 5.41) is 0. The second kappa shape index (κ2) is 6.28. The molecule has 0 saturated heterocycles. The maximum Gasteiger partial charge on any atom is 0.410 e. The zero-order valence-corrected chi connectivity index (χ0v) is 14.6. The van der Waals surface area contributed by atoms with E-state index in [-0.39, 0.29) is 18.1 Å². The molecule has 6 heteroatoms. The Morgan fingerprint density at radius 1 is 1.41 bits per heavy atom. The lowest BCUT2D eigenvalue weighted by atomic mass is 10.0. The minimum Gasteiger partial charge on any atom is -0.462 e. The summed E-state index contributed by atoms with van der Waals surface area (Å²) in [5.74, 6) is -0.294. The number of fused-ring (bicyclic) bond motifs is 1. The number of rotatable bonds is 2. The van der Waals surface area contributed by atoms with E-state index in [4.69, 9.17) is 9.47 Å². The fraction of sp³-hybridized carbons (Fsp3) is 0.625. The van der Waals surface area contributed by atoms with E-state index < -0.39 is 5.60 Å². The first kappa shape index (κ1) is 16.8. The van der Waals surface area contributed by atoms with Gasteiger partial charge in [0.2, 0.25) is 0 Å². The predicted molar refractivity (Wildman–Crippen MR) is 85.3 cm³/mol. The van der Waals surface area contributed by atoms with Gasteiger partial charge < -0.3 is 14.4 Å². The fourth-order valence-electron chi connectivity index (χ4n) is 2.45. The lowest BCUT2D eigenvalue weighted by Gasteiger charge is -2.34. The van der Waals surface area contributed by atoms with Crippen molar-refractivity contribution in [2.24, 2.45) is 0 Å². The number of amides is 1. The van der Waals surface area contributed by atoms with Gasteiger partial charge >= 0.3 is 12.1 Å². The van der Waals surface area contributed by atoms with Crippen molar-refractivity contribution in [2.75, 3.05) is 13.2 Å². The second-order valence-corrected chi connectivity index (χ2v) is 7.45. The molecule has 5 nitrogen and oxygen atoms in total. The molecule has 0 bridgehead atoms. The van der Waals surface area contributed by atoms with Gasteiger partial charge in [0.1, 0.15) is 10.5 Å². The number of carbonyl (C=O) groups excluding carboxylic acids is 2. The van der Waals surface area contributed by atoms with Crippen LogP contribution >= 0.6 is 11.3 Å². The fourth-order valence-corrected chi connectivity index (χ4v) is 3.58. The molecule has 0 spiro atoms. The van der Waals surface area contributed by atoms with Gasteiger partial charge in [-0.3, -0.25) is 0 Å². The maximum absolute atomic E-state index is 12.3. The molecule has 122 valence electrons. The predicted octanol–water partition coefficient (Wildman–Crippen LogP) is 3.78. The Balaban J connectivity index is 2.17. The quantitative estimate of drug-likeness (QED) is 0.777. The van der Waals surface area contributed by atoms with Crippen molar-refractivity contribution in [3.8, 4) is 0 Å². The van der Waals surface area contributed by atoms with Crippen molar-refractivity contribution in [1.82, 2.24) is 4.90 Å². The molecule has 0 aliphatic carbocycles. The van der Waals surface area contributed by atoms with Gasteiger partial charge in [-0.2, -0.15) is 0 Å². The third-order valence-electron chi connectivity index (χ3n) is 3.44. The maximum atomic E-state index is 12.3. The van der Waals surface area contributed by atoms with Crippen LogP contribution in [0, 0.1) is 0 Å². The molecule has 0 N–H and O–H groups in total. The highest BCUT2D eigenvalue weighted by Gasteiger charge is 2.33. The molecule has 0 radical (unpaired) electrons. The summed E-state index contributed by atoms with van der Waals surface area (Å²) in [5.41, 5.74) is 0.507. The number of nitrogens with zero attached hydrogens (tertiary/aromatic N) is 1. The molecule has 1 aliphatic heterocycles. The third-order valence-corrected chi connectivity index (χ3v) is 4.63. The van der Waals surface area contributed by atoms with Crippen LogP contribution < -0.4 is 0 Å². The number of hydrogen-bond acceptors (Lipinski definition) is 5. The Bertz CT molecular complexity index is 573. The number of thiophene rings is 1. The van der Waals surface area contributed by atoms with Gasteiger partial charge in [0, 0.05) is 11.4 Å². The summed E-state index contributed by atoms with van der Waals surface area (Å²) < 4.78 is 10.5. The Kier molecular flexibility index (Phi) is 4.80. The lowest BCUT2D eigenvalue weighted by molar-refractivity contribution is 0.0161. The van der Waals surface area contributed by atoms with Crippen LogP contribution in [0.1, 0.15) is 60.8 Å². The van der Waals surface area contributed by atoms with Crippen LogP contribution in [-0.4, -0.2) is 35.7 Å². The Labute approximate surface area is 135 Å². The van der Waals surface area contributed by atoms with E-state index in [0.717, 1.165) is 16.9 Å². The van der Waals surface area contributed by atoms with Crippen molar-refractivity contribution in [2.45, 2.75) is 52.7 Å². The largest absolute Gasteiger partial charge is 0.462 e. The molecule has 1 amide bonds. The number of esters is 1. The first-order chi connectivity index (χ1) is 10.2. The van der Waals surface area contributed by atoms with Crippen molar-refractivity contribution in [1.29, 1.82) is 0 Å². The third kappa shape index (κ3) is 3.61. The Morgan fingerprint density at radius 2 is 2.09 bits per heavy atom. The van der Waals surface area contributed by atoms with Crippen molar-refractivity contribution in [3.05, 3.63) is 21.4 Å². The van der Waals surface area contributed by atoms with Gasteiger partial charge in [0.05, 0.1) is 12.6 Å². The summed E-state index contributed by atoms with van der Waals surface area (Å²) in [6, 6.07) is 1.75. The van der Waals surface area contributed by atoms with Crippen LogP contribution in [0.4, 0.5) is 4.79 Å². The van der Waals surface area contributed by atoms with Crippen LogP contribution in [0.15, 0.2) is 6.07 Å². The normalized spacial score (nSPS) is 17.9. The number of carbonyl (C=O) groups is 2. The Hall–Kier alpha value is -1.56. The van der Waals surface area contributed by atoms with E-state index in [9.17, 15) is 9.59 Å². The number of ether oxygens (including phenoxy) is 2. The molecular weight excluding hydrogens is 302 g/mol. The Morgan fingerprint density at radius 3 is 2.68 bits per heavy atom. The number of hydrogen-bond donors (Lipinski definition) is 0. The highest BCUT2D eigenvalue weighted by Crippen LogP contribution is 2.36. The lowest BCUT2D eigenvalue weighted by Crippen LogP contribution is -2.41. The monoisotopic (exact) mass is 325 g/mol. The zero-order valence-electron chi connectivity index (χ0n) is 13.8. The van der Waals surface area contributed by atoms with Crippen LogP contribution in [0.3, 0.4) is 0 Å². The average molecular weight is 325 g/mol. The van der Waals surface area contributed by atoms with Gasteiger partial charge in [0.15, 0.2) is 0 Å². The van der Waals surface area contributed by atoms with Gasteiger partial charge in [-0.05, 0) is 52.7 Å². The van der Waals surface area contributed by atoms with Crippen molar-refractivity contribution in [3.63, 3.8) is 0 Å². The van der Waals surface area contributed by atoms with Gasteiger partial charge in [-0.25, -0.2) is 9.59 Å². The highest BCUT2D eigenvalue weighted by atomic mass is 32.1. The van der Waals surface area contributed by atoms with E-state index in [1.54, 1.807) is 11.8 Å². The molecule has 22 heavy (non-hydrogen) atoms. The molecule has 2 heterocycles. The van der Waals surface area contributed by atoms with E-state index in [1.165, 1.54) is 11.3 Å². The molecule has 1 atom stereocenters. The summed E-state index contributed by atoms with van der Waals surface area (Å²) in [4.78, 5) is 27.6. The summed E-state index contributed by atoms with van der Waals surface area (Å²) in [6.07, 6.45) is 0.428. The van der Waals surface area contributed by atoms with Gasteiger partial charge in [-0.15, -0.1) is 11.3 Å². The molecule has 1 aromatic rings. The zero-order chi connectivity index (χ0) is 16.5. The average Bonchev–Trinajstić information content (AvgIpc) is 2.82. The van der Waals surface area contributed by atoms with Crippen LogP contribution in [0.25, 0.3) is 0 Å². The van der Waals surface area contributed by atoms with Crippen LogP contribution in [-0.2, 0) is 15.9 Å². The smallest absolute Gasteiger partial charge is 0.410 e. The van der Waals surface area contributed by atoms with Gasteiger partial charge in [-0.1, -0.05) is 0 Å². The first-order valence-corrected chi connectivity index (χ1v) is 8.34. The SMILES string of the molecule is CCOC(=O)c1cc2c(s1)CCN(C(=O)OC(C)(C)C)C2C. The molecule has 1 unspecified atom stereocenters. The molecule has 1 aliphatic rings. The molecule has 0 saturated carbocycles. The summed E-state index contributed by atoms with van der Waals surface area (Å²) in [6.45, 7) is 10.3. The van der Waals surface area contributed by atoms with Gasteiger partial charge in [0.25, 0.3) is 0 Å². The first-order valence-electron chi connectivity index (χ1n) is 7.52. The highest BCUT2D eigenvalue weighted by molar-refractivity contribution is 7.14. The van der Waals surface area contributed by atoms with Crippen LogP contribution in [0.5, 0.6) is 0 Å². The van der Waals surface area contributed by atoms with Crippen molar-refractivity contribution >= 4 is 23.4 Å². The minimum atomic E-state index is -0.512. The van der Waals surface area contributed by atoms with E-state index in [1.807, 2.05) is 33.8 Å². The van der Waals surface area contributed by atoms with E-state index in [0.29, 0.717) is 18.0 Å². The van der Waals surface area contributed by atoms with Crippen LogP contribution in [0.2, 0.25) is 0 Å². The molecule has 2 rings (SSSR count). The summed E-state index contributed by atoms with van der Waals surface area (Å²) in [7, 11) is 0. The molecule has 1 aromatic heterocycles. The molecule has 0 aromatic carbocycles. The molecule has 0 fully saturated rings. The standard InChI is InChI=1S/C16H23NO4S/c1-6-20-14(18)13-9-11-10(2)17(8-7-12(11)22-13)15(19)21-16(3,4)5/h9-10H,6-8H2,1-5H3. The molecular formula is C16H23NO4S. The second-order valence-electron chi connectivity index (χ2n) is 6.31. The summed E-state index contributed by atoms with van der Waals surface area (Å²) >= 11 is 1.46. The van der Waals surface area contributed by atoms with E-state index in [2.05, 4.69) is 0 Å².